The van der Waals surface area contributed by atoms with Crippen molar-refractivity contribution in [2.45, 2.75) is 13.8 Å². The summed E-state index contributed by atoms with van der Waals surface area (Å²) in [6.07, 6.45) is 0. The SMILES string of the molecule is CCOC(=O)c1cc(Cl)cc(Cl)c1C. The predicted octanol–water partition coefficient (Wildman–Crippen LogP) is 3.48. The summed E-state index contributed by atoms with van der Waals surface area (Å²) in [6.45, 7) is 3.84. The van der Waals surface area contributed by atoms with E-state index in [2.05, 4.69) is 0 Å². The molecule has 0 aliphatic carbocycles. The Morgan fingerprint density at radius 2 is 2.07 bits per heavy atom. The Bertz CT molecular complexity index is 361. The fourth-order valence-electron chi connectivity index (χ4n) is 1.07. The van der Waals surface area contributed by atoms with Crippen LogP contribution in [0.25, 0.3) is 0 Å². The lowest BCUT2D eigenvalue weighted by Gasteiger charge is -2.07. The molecular weight excluding hydrogens is 223 g/mol. The van der Waals surface area contributed by atoms with E-state index in [9.17, 15) is 4.79 Å². The highest BCUT2D eigenvalue weighted by Crippen LogP contribution is 2.25. The van der Waals surface area contributed by atoms with Crippen LogP contribution in [0.1, 0.15) is 22.8 Å². The summed E-state index contributed by atoms with van der Waals surface area (Å²) in [5, 5.41) is 0.907. The van der Waals surface area contributed by atoms with Crippen molar-refractivity contribution in [2.75, 3.05) is 6.61 Å². The Labute approximate surface area is 92.8 Å². The molecule has 0 heterocycles. The van der Waals surface area contributed by atoms with E-state index in [4.69, 9.17) is 27.9 Å². The van der Waals surface area contributed by atoms with Crippen LogP contribution in [0.15, 0.2) is 12.1 Å². The molecule has 0 aromatic heterocycles. The highest BCUT2D eigenvalue weighted by molar-refractivity contribution is 6.35. The zero-order valence-electron chi connectivity index (χ0n) is 7.93. The molecule has 4 heteroatoms. The van der Waals surface area contributed by atoms with E-state index in [-0.39, 0.29) is 0 Å². The summed E-state index contributed by atoms with van der Waals surface area (Å²) in [7, 11) is 0. The third-order valence-electron chi connectivity index (χ3n) is 1.80. The van der Waals surface area contributed by atoms with E-state index in [1.165, 1.54) is 0 Å². The van der Waals surface area contributed by atoms with Gasteiger partial charge in [-0.2, -0.15) is 0 Å². The normalized spacial score (nSPS) is 10.0. The smallest absolute Gasteiger partial charge is 0.338 e. The number of benzene rings is 1. The van der Waals surface area contributed by atoms with Crippen LogP contribution in [0, 0.1) is 6.92 Å². The van der Waals surface area contributed by atoms with Crippen LogP contribution in [0.3, 0.4) is 0 Å². The molecular formula is C10H10Cl2O2. The van der Waals surface area contributed by atoms with E-state index < -0.39 is 5.97 Å². The van der Waals surface area contributed by atoms with E-state index in [0.717, 1.165) is 0 Å². The highest BCUT2D eigenvalue weighted by Gasteiger charge is 2.13. The summed E-state index contributed by atoms with van der Waals surface area (Å²) in [4.78, 5) is 11.4. The summed E-state index contributed by atoms with van der Waals surface area (Å²) in [5.41, 5.74) is 1.11. The molecule has 2 nitrogen and oxygen atoms in total. The number of carbonyl (C=O) groups excluding carboxylic acids is 1. The number of hydrogen-bond acceptors (Lipinski definition) is 2. The number of halogens is 2. The number of hydrogen-bond donors (Lipinski definition) is 0. The monoisotopic (exact) mass is 232 g/mol. The maximum Gasteiger partial charge on any atom is 0.338 e. The molecule has 0 bridgehead atoms. The Morgan fingerprint density at radius 3 is 2.64 bits per heavy atom. The second-order valence-electron chi connectivity index (χ2n) is 2.78. The van der Waals surface area contributed by atoms with Gasteiger partial charge in [0, 0.05) is 10.0 Å². The number of rotatable bonds is 2. The average molecular weight is 233 g/mol. The van der Waals surface area contributed by atoms with E-state index >= 15 is 0 Å². The van der Waals surface area contributed by atoms with Gasteiger partial charge in [-0.3, -0.25) is 0 Å². The van der Waals surface area contributed by atoms with Crippen molar-refractivity contribution >= 4 is 29.2 Å². The van der Waals surface area contributed by atoms with Gasteiger partial charge in [-0.05, 0) is 31.5 Å². The quantitative estimate of drug-likeness (QED) is 0.731. The first-order chi connectivity index (χ1) is 6.56. The maximum atomic E-state index is 11.4. The Balaban J connectivity index is 3.13. The van der Waals surface area contributed by atoms with Crippen LogP contribution in [-0.4, -0.2) is 12.6 Å². The van der Waals surface area contributed by atoms with Crippen LogP contribution in [0.5, 0.6) is 0 Å². The standard InChI is InChI=1S/C10H10Cl2O2/c1-3-14-10(13)8-4-7(11)5-9(12)6(8)2/h4-5H,3H2,1-2H3. The first kappa shape index (κ1) is 11.3. The van der Waals surface area contributed by atoms with Crippen LogP contribution < -0.4 is 0 Å². The van der Waals surface area contributed by atoms with E-state index in [1.54, 1.807) is 26.0 Å². The lowest BCUT2D eigenvalue weighted by atomic mass is 10.1. The number of carbonyl (C=O) groups is 1. The molecule has 0 saturated heterocycles. The van der Waals surface area contributed by atoms with Gasteiger partial charge in [0.1, 0.15) is 0 Å². The molecule has 0 amide bonds. The molecule has 0 fully saturated rings. The number of ether oxygens (including phenoxy) is 1. The lowest BCUT2D eigenvalue weighted by molar-refractivity contribution is 0.0525. The minimum Gasteiger partial charge on any atom is -0.462 e. The fourth-order valence-corrected chi connectivity index (χ4v) is 1.56. The van der Waals surface area contributed by atoms with Crippen molar-refractivity contribution in [3.8, 4) is 0 Å². The predicted molar refractivity (Wildman–Crippen MR) is 57.2 cm³/mol. The molecule has 0 N–H and O–H groups in total. The van der Waals surface area contributed by atoms with Crippen molar-refractivity contribution in [2.24, 2.45) is 0 Å². The molecule has 1 aromatic carbocycles. The third kappa shape index (κ3) is 2.40. The average Bonchev–Trinajstić information content (AvgIpc) is 2.11. The van der Waals surface area contributed by atoms with Crippen molar-refractivity contribution in [3.05, 3.63) is 33.3 Å². The molecule has 0 radical (unpaired) electrons. The van der Waals surface area contributed by atoms with Gasteiger partial charge < -0.3 is 4.74 Å². The second kappa shape index (κ2) is 4.67. The van der Waals surface area contributed by atoms with Crippen LogP contribution >= 0.6 is 23.2 Å². The number of esters is 1. The molecule has 1 aromatic rings. The molecule has 1 rings (SSSR count). The Hall–Kier alpha value is -0.730. The molecule has 0 saturated carbocycles. The topological polar surface area (TPSA) is 26.3 Å². The van der Waals surface area contributed by atoms with Crippen molar-refractivity contribution in [1.82, 2.24) is 0 Å². The molecule has 0 aliphatic rings. The molecule has 14 heavy (non-hydrogen) atoms. The minimum absolute atomic E-state index is 0.336. The Morgan fingerprint density at radius 1 is 1.43 bits per heavy atom. The second-order valence-corrected chi connectivity index (χ2v) is 3.62. The van der Waals surface area contributed by atoms with Gasteiger partial charge in [0.15, 0.2) is 0 Å². The van der Waals surface area contributed by atoms with Gasteiger partial charge >= 0.3 is 5.97 Å². The molecule has 0 atom stereocenters. The van der Waals surface area contributed by atoms with Crippen molar-refractivity contribution < 1.29 is 9.53 Å². The van der Waals surface area contributed by atoms with E-state index in [0.29, 0.717) is 27.8 Å². The van der Waals surface area contributed by atoms with Gasteiger partial charge in [0.05, 0.1) is 12.2 Å². The highest BCUT2D eigenvalue weighted by atomic mass is 35.5. The Kier molecular flexibility index (Phi) is 3.78. The summed E-state index contributed by atoms with van der Waals surface area (Å²) in [6, 6.07) is 3.15. The lowest BCUT2D eigenvalue weighted by Crippen LogP contribution is -2.06. The molecule has 0 unspecified atom stereocenters. The first-order valence-electron chi connectivity index (χ1n) is 4.19. The summed E-state index contributed by atoms with van der Waals surface area (Å²) >= 11 is 11.6. The van der Waals surface area contributed by atoms with Gasteiger partial charge in [-0.25, -0.2) is 4.79 Å². The fraction of sp³-hybridized carbons (Fsp3) is 0.300. The van der Waals surface area contributed by atoms with Crippen LogP contribution in [0.2, 0.25) is 10.0 Å². The van der Waals surface area contributed by atoms with E-state index in [1.807, 2.05) is 0 Å². The zero-order chi connectivity index (χ0) is 10.7. The van der Waals surface area contributed by atoms with Gasteiger partial charge in [0.25, 0.3) is 0 Å². The maximum absolute atomic E-state index is 11.4. The minimum atomic E-state index is -0.394. The molecule has 0 aliphatic heterocycles. The summed E-state index contributed by atoms with van der Waals surface area (Å²) in [5.74, 6) is -0.394. The zero-order valence-corrected chi connectivity index (χ0v) is 9.45. The third-order valence-corrected chi connectivity index (χ3v) is 2.42. The van der Waals surface area contributed by atoms with Gasteiger partial charge in [0.2, 0.25) is 0 Å². The van der Waals surface area contributed by atoms with Gasteiger partial charge in [-0.1, -0.05) is 23.2 Å². The summed E-state index contributed by atoms with van der Waals surface area (Å²) < 4.78 is 4.86. The van der Waals surface area contributed by atoms with Gasteiger partial charge in [-0.15, -0.1) is 0 Å². The first-order valence-corrected chi connectivity index (χ1v) is 4.94. The van der Waals surface area contributed by atoms with Crippen molar-refractivity contribution in [3.63, 3.8) is 0 Å². The van der Waals surface area contributed by atoms with Crippen LogP contribution in [0.4, 0.5) is 0 Å². The van der Waals surface area contributed by atoms with Crippen LogP contribution in [-0.2, 0) is 4.74 Å². The largest absolute Gasteiger partial charge is 0.462 e. The van der Waals surface area contributed by atoms with Crippen molar-refractivity contribution in [1.29, 1.82) is 0 Å². The molecule has 0 spiro atoms. The molecule has 76 valence electrons.